The van der Waals surface area contributed by atoms with Crippen LogP contribution in [0.4, 0.5) is 5.00 Å². The minimum Gasteiger partial charge on any atom is -0.378 e. The summed E-state index contributed by atoms with van der Waals surface area (Å²) < 4.78 is 5.38. The summed E-state index contributed by atoms with van der Waals surface area (Å²) in [5.41, 5.74) is 1.05. The molecule has 1 aromatic carbocycles. The van der Waals surface area contributed by atoms with E-state index in [0.717, 1.165) is 15.0 Å². The first kappa shape index (κ1) is 8.01. The highest BCUT2D eigenvalue weighted by molar-refractivity contribution is 9.10. The van der Waals surface area contributed by atoms with Crippen LogP contribution in [0.25, 0.3) is 10.9 Å². The Balaban J connectivity index is 2.75. The second kappa shape index (κ2) is 3.03. The molecule has 12 heavy (non-hydrogen) atoms. The molecule has 0 radical (unpaired) electrons. The van der Waals surface area contributed by atoms with Crippen molar-refractivity contribution in [2.75, 3.05) is 12.4 Å². The summed E-state index contributed by atoms with van der Waals surface area (Å²) in [7, 11) is 1.91. The Morgan fingerprint density at radius 2 is 2.33 bits per heavy atom. The van der Waals surface area contributed by atoms with Crippen molar-refractivity contribution in [3.05, 3.63) is 22.7 Å². The Kier molecular flexibility index (Phi) is 2.02. The maximum atomic E-state index is 4.29. The highest BCUT2D eigenvalue weighted by Gasteiger charge is 2.03. The molecule has 0 fully saturated rings. The van der Waals surface area contributed by atoms with E-state index in [2.05, 4.69) is 31.7 Å². The van der Waals surface area contributed by atoms with E-state index in [1.165, 1.54) is 16.9 Å². The van der Waals surface area contributed by atoms with Gasteiger partial charge in [0.25, 0.3) is 0 Å². The predicted molar refractivity (Wildman–Crippen MR) is 56.9 cm³/mol. The molecule has 1 aromatic heterocycles. The van der Waals surface area contributed by atoms with Crippen LogP contribution in [-0.2, 0) is 0 Å². The molecule has 2 aromatic rings. The van der Waals surface area contributed by atoms with E-state index in [4.69, 9.17) is 0 Å². The maximum absolute atomic E-state index is 4.29. The molecule has 0 saturated heterocycles. The van der Waals surface area contributed by atoms with Crippen molar-refractivity contribution in [2.24, 2.45) is 0 Å². The monoisotopic (exact) mass is 242 g/mol. The highest BCUT2D eigenvalue weighted by atomic mass is 79.9. The van der Waals surface area contributed by atoms with Crippen molar-refractivity contribution in [1.29, 1.82) is 0 Å². The van der Waals surface area contributed by atoms with Gasteiger partial charge in [0, 0.05) is 16.9 Å². The number of anilines is 1. The van der Waals surface area contributed by atoms with E-state index in [-0.39, 0.29) is 0 Å². The molecule has 1 heterocycles. The number of nitrogens with zero attached hydrogens (tertiary/aromatic N) is 1. The zero-order valence-corrected chi connectivity index (χ0v) is 8.87. The van der Waals surface area contributed by atoms with Crippen LogP contribution in [0.1, 0.15) is 0 Å². The van der Waals surface area contributed by atoms with Crippen LogP contribution in [0, 0.1) is 0 Å². The Labute approximate surface area is 82.9 Å². The number of aromatic nitrogens is 1. The van der Waals surface area contributed by atoms with Crippen LogP contribution < -0.4 is 5.32 Å². The van der Waals surface area contributed by atoms with Gasteiger partial charge in [0.2, 0.25) is 0 Å². The van der Waals surface area contributed by atoms with Gasteiger partial charge in [0.05, 0.1) is 5.52 Å². The van der Waals surface area contributed by atoms with Crippen LogP contribution in [0.2, 0.25) is 0 Å². The van der Waals surface area contributed by atoms with E-state index in [0.29, 0.717) is 0 Å². The average Bonchev–Trinajstić information content (AvgIpc) is 2.46. The fourth-order valence-corrected chi connectivity index (χ4v) is 2.16. The van der Waals surface area contributed by atoms with E-state index < -0.39 is 0 Å². The summed E-state index contributed by atoms with van der Waals surface area (Å²) in [4.78, 5) is 0. The lowest BCUT2D eigenvalue weighted by molar-refractivity contribution is 1.60. The van der Waals surface area contributed by atoms with Crippen LogP contribution in [0.15, 0.2) is 22.7 Å². The summed E-state index contributed by atoms with van der Waals surface area (Å²) in [6.45, 7) is 0. The average molecular weight is 243 g/mol. The standard InChI is InChI=1S/C8H7BrN2S/c1-10-8-6-4-5(9)2-3-7(6)11-12-8/h2-4,10H,1H3. The second-order valence-corrected chi connectivity index (χ2v) is 4.11. The topological polar surface area (TPSA) is 24.9 Å². The molecular weight excluding hydrogens is 236 g/mol. The molecule has 0 spiro atoms. The third-order valence-electron chi connectivity index (χ3n) is 1.67. The molecule has 0 aliphatic rings. The SMILES string of the molecule is CNc1snc2ccc(Br)cc12. The van der Waals surface area contributed by atoms with Gasteiger partial charge < -0.3 is 5.32 Å². The number of fused-ring (bicyclic) bond motifs is 1. The Bertz CT molecular complexity index is 410. The molecule has 2 nitrogen and oxygen atoms in total. The second-order valence-electron chi connectivity index (χ2n) is 2.42. The maximum Gasteiger partial charge on any atom is 0.117 e. The van der Waals surface area contributed by atoms with Gasteiger partial charge in [-0.1, -0.05) is 15.9 Å². The summed E-state index contributed by atoms with van der Waals surface area (Å²) in [6, 6.07) is 6.09. The first-order chi connectivity index (χ1) is 5.81. The predicted octanol–water partition coefficient (Wildman–Crippen LogP) is 3.10. The Morgan fingerprint density at radius 3 is 3.08 bits per heavy atom. The number of halogens is 1. The van der Waals surface area contributed by atoms with Crippen molar-refractivity contribution in [1.82, 2.24) is 4.37 Å². The molecule has 2 rings (SSSR count). The number of nitrogens with one attached hydrogen (secondary N) is 1. The normalized spacial score (nSPS) is 10.5. The first-order valence-corrected chi connectivity index (χ1v) is 5.10. The lowest BCUT2D eigenvalue weighted by atomic mass is 10.2. The molecule has 0 amide bonds. The molecule has 4 heteroatoms. The molecule has 1 N–H and O–H groups in total. The molecule has 0 aliphatic carbocycles. The zero-order valence-electron chi connectivity index (χ0n) is 6.47. The van der Waals surface area contributed by atoms with Gasteiger partial charge in [0.15, 0.2) is 0 Å². The molecule has 0 unspecified atom stereocenters. The third kappa shape index (κ3) is 1.21. The van der Waals surface area contributed by atoms with Gasteiger partial charge in [-0.25, -0.2) is 0 Å². The van der Waals surface area contributed by atoms with E-state index in [9.17, 15) is 0 Å². The van der Waals surface area contributed by atoms with Crippen LogP contribution in [0.5, 0.6) is 0 Å². The zero-order chi connectivity index (χ0) is 8.55. The molecular formula is C8H7BrN2S. The Hall–Kier alpha value is -0.610. The van der Waals surface area contributed by atoms with E-state index in [1.807, 2.05) is 19.2 Å². The smallest absolute Gasteiger partial charge is 0.117 e. The minimum atomic E-state index is 1.05. The molecule has 0 atom stereocenters. The summed E-state index contributed by atoms with van der Waals surface area (Å²) >= 11 is 4.92. The van der Waals surface area contributed by atoms with Crippen molar-refractivity contribution >= 4 is 43.4 Å². The Morgan fingerprint density at radius 1 is 1.50 bits per heavy atom. The quantitative estimate of drug-likeness (QED) is 0.832. The van der Waals surface area contributed by atoms with E-state index >= 15 is 0 Å². The fourth-order valence-electron chi connectivity index (χ4n) is 1.09. The number of hydrogen-bond donors (Lipinski definition) is 1. The van der Waals surface area contributed by atoms with Gasteiger partial charge in [-0.2, -0.15) is 4.37 Å². The highest BCUT2D eigenvalue weighted by Crippen LogP contribution is 2.29. The summed E-state index contributed by atoms with van der Waals surface area (Å²) in [5, 5.41) is 5.41. The molecule has 62 valence electrons. The summed E-state index contributed by atoms with van der Waals surface area (Å²) in [6.07, 6.45) is 0. The van der Waals surface area contributed by atoms with Gasteiger partial charge in [-0.05, 0) is 29.7 Å². The fraction of sp³-hybridized carbons (Fsp3) is 0.125. The lowest BCUT2D eigenvalue weighted by Crippen LogP contribution is -1.82. The molecule has 0 bridgehead atoms. The van der Waals surface area contributed by atoms with Crippen molar-refractivity contribution in [2.45, 2.75) is 0 Å². The minimum absolute atomic E-state index is 1.05. The van der Waals surface area contributed by atoms with Gasteiger partial charge in [0.1, 0.15) is 5.00 Å². The van der Waals surface area contributed by atoms with Crippen LogP contribution in [0.3, 0.4) is 0 Å². The lowest BCUT2D eigenvalue weighted by Gasteiger charge is -1.94. The van der Waals surface area contributed by atoms with Crippen molar-refractivity contribution < 1.29 is 0 Å². The van der Waals surface area contributed by atoms with Gasteiger partial charge in [-0.3, -0.25) is 0 Å². The van der Waals surface area contributed by atoms with Crippen molar-refractivity contribution in [3.63, 3.8) is 0 Å². The van der Waals surface area contributed by atoms with Gasteiger partial charge >= 0.3 is 0 Å². The number of hydrogen-bond acceptors (Lipinski definition) is 3. The molecule has 0 aliphatic heterocycles. The van der Waals surface area contributed by atoms with E-state index in [1.54, 1.807) is 0 Å². The number of rotatable bonds is 1. The third-order valence-corrected chi connectivity index (χ3v) is 3.05. The van der Waals surface area contributed by atoms with Gasteiger partial charge in [-0.15, -0.1) is 0 Å². The van der Waals surface area contributed by atoms with Crippen LogP contribution in [-0.4, -0.2) is 11.4 Å². The molecule has 0 saturated carbocycles. The first-order valence-electron chi connectivity index (χ1n) is 3.54. The van der Waals surface area contributed by atoms with Crippen LogP contribution >= 0.6 is 27.5 Å². The summed E-state index contributed by atoms with van der Waals surface area (Å²) in [5.74, 6) is 0. The number of benzene rings is 1. The van der Waals surface area contributed by atoms with Crippen molar-refractivity contribution in [3.8, 4) is 0 Å². The largest absolute Gasteiger partial charge is 0.378 e.